The molecule has 4 nitrogen and oxygen atoms in total. The van der Waals surface area contributed by atoms with Crippen LogP contribution in [0.4, 0.5) is 0 Å². The summed E-state index contributed by atoms with van der Waals surface area (Å²) in [5.74, 6) is 2.39. The molecular formula is C29H31ClN2O2. The highest BCUT2D eigenvalue weighted by Crippen LogP contribution is 2.38. The molecule has 5 rings (SSSR count). The normalized spacial score (nSPS) is 17.5. The summed E-state index contributed by atoms with van der Waals surface area (Å²) in [5.41, 5.74) is 5.81. The van der Waals surface area contributed by atoms with E-state index < -0.39 is 0 Å². The molecule has 0 unspecified atom stereocenters. The average molecular weight is 475 g/mol. The van der Waals surface area contributed by atoms with Gasteiger partial charge in [-0.3, -0.25) is 4.98 Å². The van der Waals surface area contributed by atoms with E-state index >= 15 is 0 Å². The third kappa shape index (κ3) is 5.13. The molecule has 0 amide bonds. The maximum Gasteiger partial charge on any atom is 0.131 e. The Morgan fingerprint density at radius 3 is 2.71 bits per heavy atom. The summed E-state index contributed by atoms with van der Waals surface area (Å²) in [6.07, 6.45) is 7.56. The summed E-state index contributed by atoms with van der Waals surface area (Å²) in [4.78, 5) is 7.18. The van der Waals surface area contributed by atoms with Gasteiger partial charge >= 0.3 is 0 Å². The van der Waals surface area contributed by atoms with Crippen LogP contribution in [0.2, 0.25) is 5.02 Å². The van der Waals surface area contributed by atoms with Gasteiger partial charge in [-0.05, 0) is 92.7 Å². The lowest BCUT2D eigenvalue weighted by molar-refractivity contribution is 0.216. The van der Waals surface area contributed by atoms with Gasteiger partial charge in [-0.2, -0.15) is 0 Å². The molecule has 1 aromatic heterocycles. The van der Waals surface area contributed by atoms with Crippen LogP contribution in [-0.4, -0.2) is 36.1 Å². The number of fused-ring (bicyclic) bond motifs is 2. The highest BCUT2D eigenvalue weighted by Gasteiger charge is 2.22. The van der Waals surface area contributed by atoms with Crippen molar-refractivity contribution < 1.29 is 9.47 Å². The summed E-state index contributed by atoms with van der Waals surface area (Å²) in [7, 11) is 0. The number of likely N-dealkylation sites (tertiary alicyclic amines) is 1. The standard InChI is InChI=1S/C29H31ClN2O2/c1-2-33-24-11-12-29-27(19-24)25(26-5-3-15-31-28(26)20-34-29)6-4-16-32-17-13-22(14-18-32)21-7-9-23(30)10-8-21/h3,5-12,15,19,22H,2,4,13-14,16-18,20H2,1H3. The van der Waals surface area contributed by atoms with Crippen molar-refractivity contribution in [3.05, 3.63) is 94.3 Å². The zero-order valence-corrected chi connectivity index (χ0v) is 20.4. The number of hydrogen-bond acceptors (Lipinski definition) is 4. The van der Waals surface area contributed by atoms with Crippen LogP contribution >= 0.6 is 11.6 Å². The SMILES string of the molecule is CCOc1ccc2c(c1)C(=CCCN1CCC(c3ccc(Cl)cc3)CC1)c1cccnc1CO2. The second-order valence-electron chi connectivity index (χ2n) is 8.95. The van der Waals surface area contributed by atoms with Gasteiger partial charge in [-0.15, -0.1) is 0 Å². The van der Waals surface area contributed by atoms with Gasteiger partial charge < -0.3 is 14.4 Å². The predicted octanol–water partition coefficient (Wildman–Crippen LogP) is 6.73. The first-order chi connectivity index (χ1) is 16.7. The highest BCUT2D eigenvalue weighted by atomic mass is 35.5. The van der Waals surface area contributed by atoms with Gasteiger partial charge in [-0.1, -0.05) is 35.9 Å². The van der Waals surface area contributed by atoms with Crippen LogP contribution < -0.4 is 9.47 Å². The molecule has 0 aliphatic carbocycles. The Labute approximate surface area is 207 Å². The van der Waals surface area contributed by atoms with Crippen molar-refractivity contribution in [1.29, 1.82) is 0 Å². The van der Waals surface area contributed by atoms with Gasteiger partial charge in [0.1, 0.15) is 18.1 Å². The monoisotopic (exact) mass is 474 g/mol. The molecule has 5 heteroatoms. The Bertz CT molecular complexity index is 1150. The minimum Gasteiger partial charge on any atom is -0.494 e. The van der Waals surface area contributed by atoms with Crippen LogP contribution in [0.25, 0.3) is 5.57 Å². The largest absolute Gasteiger partial charge is 0.494 e. The molecular weight excluding hydrogens is 444 g/mol. The molecule has 2 aromatic carbocycles. The van der Waals surface area contributed by atoms with E-state index in [1.54, 1.807) is 0 Å². The third-order valence-corrected chi connectivity index (χ3v) is 7.07. The molecule has 0 saturated carbocycles. The molecule has 2 aliphatic rings. The number of ether oxygens (including phenoxy) is 2. The van der Waals surface area contributed by atoms with Crippen LogP contribution in [0.3, 0.4) is 0 Å². The molecule has 176 valence electrons. The Morgan fingerprint density at radius 1 is 1.09 bits per heavy atom. The predicted molar refractivity (Wildman–Crippen MR) is 138 cm³/mol. The lowest BCUT2D eigenvalue weighted by atomic mass is 9.89. The number of nitrogens with zero attached hydrogens (tertiary/aromatic N) is 2. The quantitative estimate of drug-likeness (QED) is 0.396. The molecule has 34 heavy (non-hydrogen) atoms. The summed E-state index contributed by atoms with van der Waals surface area (Å²) in [5, 5.41) is 0.810. The second kappa shape index (κ2) is 10.6. The van der Waals surface area contributed by atoms with Gasteiger partial charge in [0.15, 0.2) is 0 Å². The smallest absolute Gasteiger partial charge is 0.131 e. The van der Waals surface area contributed by atoms with Crippen LogP contribution in [0.5, 0.6) is 11.5 Å². The summed E-state index contributed by atoms with van der Waals surface area (Å²) in [6.45, 7) is 6.43. The Hall–Kier alpha value is -2.82. The van der Waals surface area contributed by atoms with E-state index in [9.17, 15) is 0 Å². The van der Waals surface area contributed by atoms with E-state index in [1.807, 2.05) is 43.5 Å². The average Bonchev–Trinajstić information content (AvgIpc) is 3.02. The van der Waals surface area contributed by atoms with Crippen molar-refractivity contribution in [2.45, 2.75) is 38.7 Å². The number of benzene rings is 2. The van der Waals surface area contributed by atoms with E-state index in [1.165, 1.54) is 24.0 Å². The lowest BCUT2D eigenvalue weighted by Crippen LogP contribution is -2.33. The van der Waals surface area contributed by atoms with Gasteiger partial charge in [-0.25, -0.2) is 0 Å². The van der Waals surface area contributed by atoms with Crippen molar-refractivity contribution in [1.82, 2.24) is 9.88 Å². The lowest BCUT2D eigenvalue weighted by Gasteiger charge is -2.32. The molecule has 3 aromatic rings. The highest BCUT2D eigenvalue weighted by molar-refractivity contribution is 6.30. The van der Waals surface area contributed by atoms with E-state index in [4.69, 9.17) is 21.1 Å². The number of halogens is 1. The summed E-state index contributed by atoms with van der Waals surface area (Å²) >= 11 is 6.06. The maximum atomic E-state index is 6.12. The first kappa shape index (κ1) is 22.9. The van der Waals surface area contributed by atoms with Crippen LogP contribution in [-0.2, 0) is 6.61 Å². The second-order valence-corrected chi connectivity index (χ2v) is 9.39. The molecule has 0 N–H and O–H groups in total. The van der Waals surface area contributed by atoms with Gasteiger partial charge in [0.2, 0.25) is 0 Å². The van der Waals surface area contributed by atoms with Crippen LogP contribution in [0.1, 0.15) is 54.5 Å². The van der Waals surface area contributed by atoms with E-state index in [-0.39, 0.29) is 0 Å². The molecule has 0 spiro atoms. The Morgan fingerprint density at radius 2 is 1.91 bits per heavy atom. The Balaban J connectivity index is 1.30. The van der Waals surface area contributed by atoms with Gasteiger partial charge in [0, 0.05) is 28.9 Å². The van der Waals surface area contributed by atoms with Crippen LogP contribution in [0.15, 0.2) is 66.9 Å². The number of aromatic nitrogens is 1. The van der Waals surface area contributed by atoms with Crippen molar-refractivity contribution in [2.24, 2.45) is 0 Å². The third-order valence-electron chi connectivity index (χ3n) is 6.82. The zero-order chi connectivity index (χ0) is 23.3. The van der Waals surface area contributed by atoms with Crippen molar-refractivity contribution in [2.75, 3.05) is 26.2 Å². The molecule has 0 radical (unpaired) electrons. The van der Waals surface area contributed by atoms with Crippen molar-refractivity contribution in [3.63, 3.8) is 0 Å². The minimum absolute atomic E-state index is 0.479. The zero-order valence-electron chi connectivity index (χ0n) is 19.7. The first-order valence-electron chi connectivity index (χ1n) is 12.2. The molecule has 0 bridgehead atoms. The van der Waals surface area contributed by atoms with E-state index in [0.29, 0.717) is 19.1 Å². The topological polar surface area (TPSA) is 34.6 Å². The number of pyridine rings is 1. The van der Waals surface area contributed by atoms with Crippen molar-refractivity contribution >= 4 is 17.2 Å². The number of piperidine rings is 1. The fourth-order valence-electron chi connectivity index (χ4n) is 5.03. The maximum absolute atomic E-state index is 6.12. The molecule has 2 aliphatic heterocycles. The number of hydrogen-bond donors (Lipinski definition) is 0. The fourth-order valence-corrected chi connectivity index (χ4v) is 5.15. The van der Waals surface area contributed by atoms with Crippen LogP contribution in [0, 0.1) is 0 Å². The molecule has 1 saturated heterocycles. The fraction of sp³-hybridized carbons (Fsp3) is 0.345. The summed E-state index contributed by atoms with van der Waals surface area (Å²) in [6, 6.07) is 18.6. The summed E-state index contributed by atoms with van der Waals surface area (Å²) < 4.78 is 11.9. The molecule has 3 heterocycles. The van der Waals surface area contributed by atoms with Gasteiger partial charge in [0.25, 0.3) is 0 Å². The van der Waals surface area contributed by atoms with Gasteiger partial charge in [0.05, 0.1) is 12.3 Å². The molecule has 0 atom stereocenters. The Kier molecular flexibility index (Phi) is 7.17. The minimum atomic E-state index is 0.479. The van der Waals surface area contributed by atoms with E-state index in [2.05, 4.69) is 40.2 Å². The molecule has 1 fully saturated rings. The van der Waals surface area contributed by atoms with E-state index in [0.717, 1.165) is 59.4 Å². The first-order valence-corrected chi connectivity index (χ1v) is 12.6. The number of rotatable bonds is 6. The van der Waals surface area contributed by atoms with Crippen molar-refractivity contribution in [3.8, 4) is 11.5 Å².